The first-order valence-electron chi connectivity index (χ1n) is 10.4. The lowest BCUT2D eigenvalue weighted by Gasteiger charge is -2.13. The number of nitrogens with zero attached hydrogens (tertiary/aromatic N) is 1. The molecule has 0 saturated carbocycles. The Hall–Kier alpha value is -4.01. The van der Waals surface area contributed by atoms with E-state index in [0.717, 1.165) is 5.56 Å². The molecule has 0 spiro atoms. The fourth-order valence-corrected chi connectivity index (χ4v) is 3.67. The van der Waals surface area contributed by atoms with Crippen LogP contribution in [-0.4, -0.2) is 29.5 Å². The van der Waals surface area contributed by atoms with E-state index in [1.54, 1.807) is 79.9 Å². The second-order valence-electron chi connectivity index (χ2n) is 7.50. The van der Waals surface area contributed by atoms with Gasteiger partial charge in [-0.05, 0) is 66.2 Å². The van der Waals surface area contributed by atoms with Crippen molar-refractivity contribution in [2.45, 2.75) is 6.54 Å². The summed E-state index contributed by atoms with van der Waals surface area (Å²) in [5.74, 6) is -1.66. The zero-order valence-electron chi connectivity index (χ0n) is 18.5. The number of fused-ring (bicyclic) bond motifs is 1. The topological polar surface area (TPSA) is 101 Å². The van der Waals surface area contributed by atoms with Gasteiger partial charge in [-0.25, -0.2) is 4.68 Å². The maximum Gasteiger partial charge on any atom is 0.328 e. The summed E-state index contributed by atoms with van der Waals surface area (Å²) < 4.78 is 6.39. The van der Waals surface area contributed by atoms with Gasteiger partial charge in [0.05, 0.1) is 12.6 Å². The number of amides is 3. The highest BCUT2D eigenvalue weighted by atomic mass is 35.5. The van der Waals surface area contributed by atoms with Gasteiger partial charge < -0.3 is 15.4 Å². The fourth-order valence-electron chi connectivity index (χ4n) is 3.36. The van der Waals surface area contributed by atoms with E-state index in [1.165, 1.54) is 4.68 Å². The predicted octanol–water partition coefficient (Wildman–Crippen LogP) is 4.60. The number of aromatic nitrogens is 1. The van der Waals surface area contributed by atoms with E-state index in [2.05, 4.69) is 16.1 Å². The second-order valence-corrected chi connectivity index (χ2v) is 8.37. The van der Waals surface area contributed by atoms with Gasteiger partial charge in [0, 0.05) is 27.7 Å². The molecule has 8 nitrogen and oxygen atoms in total. The molecular formula is C25H20Cl2N4O4. The summed E-state index contributed by atoms with van der Waals surface area (Å²) in [4.78, 5) is 38.2. The predicted molar refractivity (Wildman–Crippen MR) is 136 cm³/mol. The van der Waals surface area contributed by atoms with E-state index in [0.29, 0.717) is 32.4 Å². The van der Waals surface area contributed by atoms with Crippen LogP contribution in [0.2, 0.25) is 10.0 Å². The number of hydrogen-bond donors (Lipinski definition) is 3. The van der Waals surface area contributed by atoms with E-state index in [1.807, 2.05) is 0 Å². The lowest BCUT2D eigenvalue weighted by Crippen LogP contribution is -2.39. The van der Waals surface area contributed by atoms with Gasteiger partial charge in [-0.3, -0.25) is 19.8 Å². The van der Waals surface area contributed by atoms with Crippen molar-refractivity contribution in [3.8, 4) is 5.75 Å². The van der Waals surface area contributed by atoms with Gasteiger partial charge in [0.25, 0.3) is 5.91 Å². The van der Waals surface area contributed by atoms with Crippen LogP contribution < -0.4 is 20.8 Å². The number of rotatable bonds is 6. The fraction of sp³-hybridized carbons (Fsp3) is 0.0800. The van der Waals surface area contributed by atoms with E-state index < -0.39 is 17.7 Å². The minimum absolute atomic E-state index is 0.108. The standard InChI is InChI=1S/C25H20Cl2N4O4/c1-35-20-9-7-19(8-10-20)29-23(32)22-13-16-12-18(27)6-11-21(16)31(22)30-25(34)24(33)28-14-15-2-4-17(26)5-3-15/h2-13H,14H2,1H3,(H,28,33)(H,29,32)(H,30,34). The maximum atomic E-state index is 13.1. The molecule has 178 valence electrons. The molecule has 3 N–H and O–H groups in total. The summed E-state index contributed by atoms with van der Waals surface area (Å²) in [6, 6.07) is 20.1. The molecule has 3 aromatic carbocycles. The monoisotopic (exact) mass is 510 g/mol. The minimum Gasteiger partial charge on any atom is -0.497 e. The van der Waals surface area contributed by atoms with Crippen LogP contribution in [0.4, 0.5) is 5.69 Å². The third kappa shape index (κ3) is 5.74. The second kappa shape index (κ2) is 10.5. The van der Waals surface area contributed by atoms with Crippen LogP contribution in [0, 0.1) is 0 Å². The van der Waals surface area contributed by atoms with Crippen molar-refractivity contribution in [3.63, 3.8) is 0 Å². The molecule has 1 aromatic heterocycles. The highest BCUT2D eigenvalue weighted by Crippen LogP contribution is 2.24. The van der Waals surface area contributed by atoms with Crippen molar-refractivity contribution < 1.29 is 19.1 Å². The average molecular weight is 511 g/mol. The minimum atomic E-state index is -0.940. The molecule has 0 fully saturated rings. The molecule has 0 unspecified atom stereocenters. The first-order chi connectivity index (χ1) is 16.8. The van der Waals surface area contributed by atoms with Gasteiger partial charge >= 0.3 is 11.8 Å². The normalized spacial score (nSPS) is 10.6. The van der Waals surface area contributed by atoms with Crippen molar-refractivity contribution >= 4 is 57.5 Å². The van der Waals surface area contributed by atoms with Crippen LogP contribution in [0.5, 0.6) is 5.75 Å². The van der Waals surface area contributed by atoms with E-state index in [-0.39, 0.29) is 12.2 Å². The van der Waals surface area contributed by atoms with Gasteiger partial charge in [0.2, 0.25) is 0 Å². The zero-order valence-corrected chi connectivity index (χ0v) is 20.0. The van der Waals surface area contributed by atoms with Gasteiger partial charge in [0.1, 0.15) is 11.4 Å². The van der Waals surface area contributed by atoms with Crippen molar-refractivity contribution in [3.05, 3.63) is 94.1 Å². The Kier molecular flexibility index (Phi) is 7.24. The highest BCUT2D eigenvalue weighted by Gasteiger charge is 2.21. The van der Waals surface area contributed by atoms with E-state index in [4.69, 9.17) is 27.9 Å². The Morgan fingerprint density at radius 1 is 0.857 bits per heavy atom. The summed E-state index contributed by atoms with van der Waals surface area (Å²) in [5, 5.41) is 6.95. The SMILES string of the molecule is COc1ccc(NC(=O)c2cc3cc(Cl)ccc3n2NC(=O)C(=O)NCc2ccc(Cl)cc2)cc1. The molecule has 4 aromatic rings. The lowest BCUT2D eigenvalue weighted by molar-refractivity contribution is -0.136. The summed E-state index contributed by atoms with van der Waals surface area (Å²) in [6.07, 6.45) is 0. The maximum absolute atomic E-state index is 13.1. The number of halogens is 2. The third-order valence-corrected chi connectivity index (χ3v) is 5.62. The third-order valence-electron chi connectivity index (χ3n) is 5.13. The summed E-state index contributed by atoms with van der Waals surface area (Å²) in [5.41, 5.74) is 4.41. The van der Waals surface area contributed by atoms with Crippen molar-refractivity contribution in [1.82, 2.24) is 9.99 Å². The van der Waals surface area contributed by atoms with Gasteiger partial charge in [-0.2, -0.15) is 0 Å². The van der Waals surface area contributed by atoms with Crippen LogP contribution in [0.25, 0.3) is 10.9 Å². The van der Waals surface area contributed by atoms with Crippen LogP contribution in [-0.2, 0) is 16.1 Å². The molecule has 0 radical (unpaired) electrons. The first-order valence-corrected chi connectivity index (χ1v) is 11.2. The molecular weight excluding hydrogens is 491 g/mol. The van der Waals surface area contributed by atoms with Crippen LogP contribution >= 0.6 is 23.2 Å². The number of anilines is 1. The molecule has 0 aliphatic rings. The largest absolute Gasteiger partial charge is 0.497 e. The van der Waals surface area contributed by atoms with E-state index in [9.17, 15) is 14.4 Å². The van der Waals surface area contributed by atoms with Gasteiger partial charge in [-0.15, -0.1) is 0 Å². The van der Waals surface area contributed by atoms with Crippen LogP contribution in [0.1, 0.15) is 16.1 Å². The number of ether oxygens (including phenoxy) is 1. The average Bonchev–Trinajstić information content (AvgIpc) is 3.21. The van der Waals surface area contributed by atoms with Crippen molar-refractivity contribution in [2.75, 3.05) is 17.9 Å². The first kappa shape index (κ1) is 24.1. The molecule has 4 rings (SSSR count). The Bertz CT molecular complexity index is 1400. The van der Waals surface area contributed by atoms with Crippen LogP contribution in [0.3, 0.4) is 0 Å². The van der Waals surface area contributed by atoms with Gasteiger partial charge in [-0.1, -0.05) is 35.3 Å². The Morgan fingerprint density at radius 3 is 2.23 bits per heavy atom. The van der Waals surface area contributed by atoms with E-state index >= 15 is 0 Å². The Morgan fingerprint density at radius 2 is 1.54 bits per heavy atom. The molecule has 0 bridgehead atoms. The number of carbonyl (C=O) groups excluding carboxylic acids is 3. The zero-order chi connectivity index (χ0) is 24.9. The number of methoxy groups -OCH3 is 1. The van der Waals surface area contributed by atoms with Gasteiger partial charge in [0.15, 0.2) is 0 Å². The molecule has 0 aliphatic carbocycles. The van der Waals surface area contributed by atoms with Crippen LogP contribution in [0.15, 0.2) is 72.8 Å². The summed E-state index contributed by atoms with van der Waals surface area (Å²) >= 11 is 12.0. The number of benzene rings is 3. The molecule has 35 heavy (non-hydrogen) atoms. The Labute approximate surface area is 210 Å². The molecule has 10 heteroatoms. The van der Waals surface area contributed by atoms with Crippen molar-refractivity contribution in [1.29, 1.82) is 0 Å². The molecule has 3 amide bonds. The highest BCUT2D eigenvalue weighted by molar-refractivity contribution is 6.38. The molecule has 0 saturated heterocycles. The summed E-state index contributed by atoms with van der Waals surface area (Å²) in [7, 11) is 1.55. The smallest absolute Gasteiger partial charge is 0.328 e. The van der Waals surface area contributed by atoms with Crippen molar-refractivity contribution in [2.24, 2.45) is 0 Å². The number of hydrogen-bond acceptors (Lipinski definition) is 4. The summed E-state index contributed by atoms with van der Waals surface area (Å²) in [6.45, 7) is 0.135. The number of carbonyl (C=O) groups is 3. The number of nitrogens with one attached hydrogen (secondary N) is 3. The molecule has 1 heterocycles. The Balaban J connectivity index is 1.54. The molecule has 0 atom stereocenters. The lowest BCUT2D eigenvalue weighted by atomic mass is 10.2. The quantitative estimate of drug-likeness (QED) is 0.330. The molecule has 0 aliphatic heterocycles.